The molecule has 0 radical (unpaired) electrons. The minimum Gasteiger partial charge on any atom is -0.491 e. The molecule has 6 heteroatoms. The van der Waals surface area contributed by atoms with E-state index in [-0.39, 0.29) is 24.2 Å². The van der Waals surface area contributed by atoms with E-state index in [1.165, 1.54) is 12.1 Å². The van der Waals surface area contributed by atoms with E-state index in [0.717, 1.165) is 19.3 Å². The Kier molecular flexibility index (Phi) is 5.91. The first kappa shape index (κ1) is 18.1. The summed E-state index contributed by atoms with van der Waals surface area (Å²) in [6.45, 7) is 2.67. The number of likely N-dealkylation sites (tertiary alicyclic amines) is 1. The van der Waals surface area contributed by atoms with Crippen LogP contribution in [0.4, 0.5) is 4.39 Å². The molecule has 1 atom stereocenters. The molecule has 1 amide bonds. The molecule has 1 aromatic carbocycles. The maximum absolute atomic E-state index is 12.9. The van der Waals surface area contributed by atoms with E-state index >= 15 is 0 Å². The Hall–Kier alpha value is -1.66. The molecule has 2 fully saturated rings. The van der Waals surface area contributed by atoms with Gasteiger partial charge in [-0.3, -0.25) is 4.79 Å². The number of rotatable bonds is 4. The minimum atomic E-state index is -0.959. The lowest BCUT2D eigenvalue weighted by Crippen LogP contribution is -2.41. The van der Waals surface area contributed by atoms with E-state index in [9.17, 15) is 14.3 Å². The Morgan fingerprint density at radius 1 is 1.24 bits per heavy atom. The molecule has 2 heterocycles. The summed E-state index contributed by atoms with van der Waals surface area (Å²) in [4.78, 5) is 14.5. The van der Waals surface area contributed by atoms with Gasteiger partial charge in [0.25, 0.3) is 0 Å². The summed E-state index contributed by atoms with van der Waals surface area (Å²) in [5, 5.41) is 10.8. The van der Waals surface area contributed by atoms with E-state index in [0.29, 0.717) is 44.9 Å². The third-order valence-electron chi connectivity index (χ3n) is 5.12. The molecule has 3 rings (SSSR count). The summed E-state index contributed by atoms with van der Waals surface area (Å²) in [5.41, 5.74) is -0.959. The molecular formula is C19H26FNO4. The Balaban J connectivity index is 1.52. The molecular weight excluding hydrogens is 325 g/mol. The van der Waals surface area contributed by atoms with Crippen molar-refractivity contribution in [1.29, 1.82) is 0 Å². The first-order valence-electron chi connectivity index (χ1n) is 9.03. The summed E-state index contributed by atoms with van der Waals surface area (Å²) in [5.74, 6) is 0.458. The average molecular weight is 351 g/mol. The predicted octanol–water partition coefficient (Wildman–Crippen LogP) is 2.37. The number of carbonyl (C=O) groups excluding carboxylic acids is 1. The number of hydrogen-bond acceptors (Lipinski definition) is 4. The van der Waals surface area contributed by atoms with Crippen LogP contribution in [0.1, 0.15) is 32.1 Å². The van der Waals surface area contributed by atoms with Gasteiger partial charge < -0.3 is 19.5 Å². The maximum atomic E-state index is 12.9. The highest BCUT2D eigenvalue weighted by Crippen LogP contribution is 2.26. The fraction of sp³-hybridized carbons (Fsp3) is 0.632. The van der Waals surface area contributed by atoms with Crippen molar-refractivity contribution in [2.75, 3.05) is 32.9 Å². The summed E-state index contributed by atoms with van der Waals surface area (Å²) < 4.78 is 23.9. The van der Waals surface area contributed by atoms with Crippen LogP contribution >= 0.6 is 0 Å². The van der Waals surface area contributed by atoms with Gasteiger partial charge >= 0.3 is 0 Å². The molecule has 0 bridgehead atoms. The third-order valence-corrected chi connectivity index (χ3v) is 5.12. The van der Waals surface area contributed by atoms with Crippen LogP contribution in [-0.4, -0.2) is 54.4 Å². The number of ether oxygens (including phenoxy) is 2. The third kappa shape index (κ3) is 4.92. The van der Waals surface area contributed by atoms with E-state index in [2.05, 4.69) is 0 Å². The molecule has 0 aromatic heterocycles. The van der Waals surface area contributed by atoms with Crippen molar-refractivity contribution < 1.29 is 23.8 Å². The van der Waals surface area contributed by atoms with Crippen molar-refractivity contribution >= 4 is 5.91 Å². The summed E-state index contributed by atoms with van der Waals surface area (Å²) >= 11 is 0. The molecule has 2 aliphatic heterocycles. The van der Waals surface area contributed by atoms with Gasteiger partial charge in [0.1, 0.15) is 23.8 Å². The lowest BCUT2D eigenvalue weighted by atomic mass is 9.96. The topological polar surface area (TPSA) is 59.0 Å². The highest BCUT2D eigenvalue weighted by molar-refractivity contribution is 5.79. The van der Waals surface area contributed by atoms with Gasteiger partial charge in [0, 0.05) is 32.2 Å². The lowest BCUT2D eigenvalue weighted by Gasteiger charge is -2.29. The zero-order chi connectivity index (χ0) is 17.7. The van der Waals surface area contributed by atoms with Gasteiger partial charge in [-0.25, -0.2) is 4.39 Å². The van der Waals surface area contributed by atoms with Gasteiger partial charge in [-0.1, -0.05) is 0 Å². The van der Waals surface area contributed by atoms with Crippen LogP contribution in [0.2, 0.25) is 0 Å². The van der Waals surface area contributed by atoms with Crippen LogP contribution in [0.25, 0.3) is 0 Å². The fourth-order valence-electron chi connectivity index (χ4n) is 3.49. The van der Waals surface area contributed by atoms with E-state index in [1.807, 2.05) is 4.90 Å². The summed E-state index contributed by atoms with van der Waals surface area (Å²) in [7, 11) is 0. The summed E-state index contributed by atoms with van der Waals surface area (Å²) in [6, 6.07) is 5.77. The zero-order valence-corrected chi connectivity index (χ0v) is 14.5. The zero-order valence-electron chi connectivity index (χ0n) is 14.5. The number of halogens is 1. The van der Waals surface area contributed by atoms with Gasteiger partial charge in [0.05, 0.1) is 0 Å². The first-order valence-corrected chi connectivity index (χ1v) is 9.03. The molecule has 0 saturated carbocycles. The molecule has 0 spiro atoms. The Morgan fingerprint density at radius 3 is 2.68 bits per heavy atom. The van der Waals surface area contributed by atoms with E-state index in [1.54, 1.807) is 12.1 Å². The lowest BCUT2D eigenvalue weighted by molar-refractivity contribution is -0.138. The second kappa shape index (κ2) is 8.15. The minimum absolute atomic E-state index is 0.0513. The number of nitrogens with zero attached hydrogens (tertiary/aromatic N) is 1. The Labute approximate surface area is 147 Å². The van der Waals surface area contributed by atoms with Crippen LogP contribution in [0, 0.1) is 11.7 Å². The number of carbonyl (C=O) groups is 1. The van der Waals surface area contributed by atoms with Crippen LogP contribution < -0.4 is 4.74 Å². The average Bonchev–Trinajstić information content (AvgIpc) is 2.84. The first-order chi connectivity index (χ1) is 12.1. The largest absolute Gasteiger partial charge is 0.491 e. The second-order valence-corrected chi connectivity index (χ2v) is 7.03. The normalized spacial score (nSPS) is 25.4. The summed E-state index contributed by atoms with van der Waals surface area (Å²) in [6.07, 6.45) is 3.40. The van der Waals surface area contributed by atoms with Gasteiger partial charge in [-0.05, 0) is 56.4 Å². The SMILES string of the molecule is O=C(C1CCOCC1)N1CCCC(O)(COc2ccc(F)cc2)CC1. The molecule has 1 N–H and O–H groups in total. The molecule has 1 unspecified atom stereocenters. The quantitative estimate of drug-likeness (QED) is 0.905. The van der Waals surface area contributed by atoms with Crippen molar-refractivity contribution in [3.05, 3.63) is 30.1 Å². The van der Waals surface area contributed by atoms with Gasteiger partial charge in [0.2, 0.25) is 5.91 Å². The van der Waals surface area contributed by atoms with Crippen LogP contribution in [-0.2, 0) is 9.53 Å². The monoisotopic (exact) mass is 351 g/mol. The number of benzene rings is 1. The maximum Gasteiger partial charge on any atom is 0.225 e. The molecule has 1 aromatic rings. The highest BCUT2D eigenvalue weighted by atomic mass is 19.1. The van der Waals surface area contributed by atoms with E-state index < -0.39 is 5.60 Å². The van der Waals surface area contributed by atoms with Gasteiger partial charge in [-0.2, -0.15) is 0 Å². The van der Waals surface area contributed by atoms with Gasteiger partial charge in [-0.15, -0.1) is 0 Å². The number of aliphatic hydroxyl groups is 1. The fourth-order valence-corrected chi connectivity index (χ4v) is 3.49. The molecule has 138 valence electrons. The molecule has 2 aliphatic rings. The Bertz CT molecular complexity index is 573. The van der Waals surface area contributed by atoms with Gasteiger partial charge in [0.15, 0.2) is 0 Å². The van der Waals surface area contributed by atoms with Crippen LogP contribution in [0.5, 0.6) is 5.75 Å². The number of hydrogen-bond donors (Lipinski definition) is 1. The molecule has 5 nitrogen and oxygen atoms in total. The van der Waals surface area contributed by atoms with Crippen LogP contribution in [0.15, 0.2) is 24.3 Å². The van der Waals surface area contributed by atoms with Crippen molar-refractivity contribution in [3.8, 4) is 5.75 Å². The number of amides is 1. The molecule has 2 saturated heterocycles. The molecule has 0 aliphatic carbocycles. The van der Waals surface area contributed by atoms with Crippen molar-refractivity contribution in [2.45, 2.75) is 37.7 Å². The predicted molar refractivity (Wildman–Crippen MR) is 90.8 cm³/mol. The highest BCUT2D eigenvalue weighted by Gasteiger charge is 2.34. The van der Waals surface area contributed by atoms with Crippen LogP contribution in [0.3, 0.4) is 0 Å². The Morgan fingerprint density at radius 2 is 1.96 bits per heavy atom. The standard InChI is InChI=1S/C19H26FNO4/c20-16-2-4-17(5-3-16)25-14-19(23)8-1-10-21(11-9-19)18(22)15-6-12-24-13-7-15/h2-5,15,23H,1,6-14H2. The van der Waals surface area contributed by atoms with Crippen molar-refractivity contribution in [1.82, 2.24) is 4.90 Å². The van der Waals surface area contributed by atoms with Crippen molar-refractivity contribution in [2.24, 2.45) is 5.92 Å². The molecule has 25 heavy (non-hydrogen) atoms. The smallest absolute Gasteiger partial charge is 0.225 e. The van der Waals surface area contributed by atoms with E-state index in [4.69, 9.17) is 9.47 Å². The second-order valence-electron chi connectivity index (χ2n) is 7.03. The van der Waals surface area contributed by atoms with Crippen molar-refractivity contribution in [3.63, 3.8) is 0 Å².